The van der Waals surface area contributed by atoms with Gasteiger partial charge in [-0.2, -0.15) is 0 Å². The number of aliphatic imine (C=N–C) groups is 1. The first kappa shape index (κ1) is 25.4. The van der Waals surface area contributed by atoms with Crippen molar-refractivity contribution in [2.45, 2.75) is 35.9 Å². The Hall–Kier alpha value is -2.90. The van der Waals surface area contributed by atoms with Gasteiger partial charge < -0.3 is 29.6 Å². The molecule has 4 heterocycles. The first-order chi connectivity index (χ1) is 18.3. The van der Waals surface area contributed by atoms with Crippen LogP contribution in [0.3, 0.4) is 0 Å². The average molecular weight is 560 g/mol. The van der Waals surface area contributed by atoms with Gasteiger partial charge in [-0.05, 0) is 36.1 Å². The van der Waals surface area contributed by atoms with Crippen LogP contribution >= 0.6 is 22.9 Å². The van der Waals surface area contributed by atoms with E-state index in [-0.39, 0.29) is 29.3 Å². The van der Waals surface area contributed by atoms with Crippen LogP contribution in [0.4, 0.5) is 5.69 Å². The molecular weight excluding hydrogens is 534 g/mol. The van der Waals surface area contributed by atoms with Crippen LogP contribution in [0.5, 0.6) is 5.19 Å². The molecule has 200 valence electrons. The number of amides is 2. The first-order valence-electron chi connectivity index (χ1n) is 12.2. The van der Waals surface area contributed by atoms with Crippen LogP contribution in [0.15, 0.2) is 28.4 Å². The van der Waals surface area contributed by atoms with E-state index in [9.17, 15) is 9.59 Å². The number of hydrogen-bond acceptors (Lipinski definition) is 10. The number of ether oxygens (including phenoxy) is 4. The summed E-state index contributed by atoms with van der Waals surface area (Å²) in [4.78, 5) is 31.7. The summed E-state index contributed by atoms with van der Waals surface area (Å²) in [5.74, 6) is -1.25. The molecule has 2 aromatic rings. The average Bonchev–Trinajstić information content (AvgIpc) is 3.55. The maximum absolute atomic E-state index is 13.0. The Bertz CT molecular complexity index is 1370. The van der Waals surface area contributed by atoms with Gasteiger partial charge in [-0.25, -0.2) is 4.99 Å². The number of hydrogen-bond donors (Lipinski definition) is 1. The molecule has 2 amide bonds. The first-order valence-corrected chi connectivity index (χ1v) is 13.4. The smallest absolute Gasteiger partial charge is 0.294 e. The Morgan fingerprint density at radius 3 is 2.82 bits per heavy atom. The number of likely N-dealkylation sites (N-methyl/N-ethyl adjacent to an activating group) is 1. The molecule has 1 aliphatic carbocycles. The van der Waals surface area contributed by atoms with E-state index in [4.69, 9.17) is 36.3 Å². The summed E-state index contributed by atoms with van der Waals surface area (Å²) in [6, 6.07) is 3.58. The van der Waals surface area contributed by atoms with E-state index in [1.165, 1.54) is 18.4 Å². The second kappa shape index (κ2) is 9.38. The third-order valence-corrected chi connectivity index (χ3v) is 8.80. The predicted octanol–water partition coefficient (Wildman–Crippen LogP) is 2.23. The van der Waals surface area contributed by atoms with Crippen LogP contribution in [-0.4, -0.2) is 74.9 Å². The highest BCUT2D eigenvalue weighted by Gasteiger charge is 2.59. The molecule has 3 atom stereocenters. The molecule has 1 saturated heterocycles. The Kier molecular flexibility index (Phi) is 6.27. The van der Waals surface area contributed by atoms with Crippen LogP contribution in [0.1, 0.15) is 45.3 Å². The summed E-state index contributed by atoms with van der Waals surface area (Å²) in [6.45, 7) is 1.78. The topological polar surface area (TPSA) is 138 Å². The summed E-state index contributed by atoms with van der Waals surface area (Å²) < 4.78 is 23.0. The van der Waals surface area contributed by atoms with Crippen molar-refractivity contribution in [3.63, 3.8) is 0 Å². The van der Waals surface area contributed by atoms with E-state index in [1.54, 1.807) is 30.3 Å². The number of halogens is 1. The lowest BCUT2D eigenvalue weighted by Crippen LogP contribution is -2.39. The number of fused-ring (bicyclic) bond motifs is 2. The number of nitrogens with two attached hydrogens (primary N) is 1. The molecule has 1 aromatic heterocycles. The second-order valence-corrected chi connectivity index (χ2v) is 11.1. The SMILES string of the molecule is COC1(c2nnc(OCC3COCCO3)s2)C=NC(Cl)=CC1c1cc2c(cc1C(N)=O)N(C)C(=O)C21CC1. The fourth-order valence-corrected chi connectivity index (χ4v) is 6.48. The lowest BCUT2D eigenvalue weighted by molar-refractivity contribution is -0.119. The van der Waals surface area contributed by atoms with Crippen LogP contribution in [0.25, 0.3) is 0 Å². The molecule has 3 unspecified atom stereocenters. The van der Waals surface area contributed by atoms with Crippen LogP contribution < -0.4 is 15.4 Å². The zero-order chi connectivity index (χ0) is 26.7. The molecule has 2 fully saturated rings. The third-order valence-electron chi connectivity index (χ3n) is 7.61. The van der Waals surface area contributed by atoms with Gasteiger partial charge in [0.15, 0.2) is 10.6 Å². The number of carbonyl (C=O) groups excluding carboxylic acids is 2. The number of carbonyl (C=O) groups is 2. The Morgan fingerprint density at radius 2 is 2.13 bits per heavy atom. The van der Waals surface area contributed by atoms with Gasteiger partial charge in [-0.1, -0.05) is 34.1 Å². The van der Waals surface area contributed by atoms with Crippen LogP contribution in [0, 0.1) is 0 Å². The fraction of sp³-hybridized carbons (Fsp3) is 0.480. The maximum Gasteiger partial charge on any atom is 0.294 e. The van der Waals surface area contributed by atoms with Crippen molar-refractivity contribution in [2.75, 3.05) is 45.5 Å². The van der Waals surface area contributed by atoms with Gasteiger partial charge in [0.05, 0.1) is 25.2 Å². The van der Waals surface area contributed by atoms with Crippen molar-refractivity contribution in [3.05, 3.63) is 45.1 Å². The van der Waals surface area contributed by atoms with Crippen molar-refractivity contribution < 1.29 is 28.5 Å². The van der Waals surface area contributed by atoms with Gasteiger partial charge in [-0.15, -0.1) is 5.10 Å². The number of nitrogens with zero attached hydrogens (tertiary/aromatic N) is 4. The molecule has 1 spiro atoms. The Balaban J connectivity index is 1.40. The van der Waals surface area contributed by atoms with E-state index >= 15 is 0 Å². The number of rotatable bonds is 7. The summed E-state index contributed by atoms with van der Waals surface area (Å²) in [5.41, 5.74) is 6.44. The van der Waals surface area contributed by atoms with Crippen LogP contribution in [0.2, 0.25) is 0 Å². The molecule has 38 heavy (non-hydrogen) atoms. The normalized spacial score (nSPS) is 27.4. The third kappa shape index (κ3) is 3.93. The molecule has 1 saturated carbocycles. The largest absolute Gasteiger partial charge is 0.466 e. The quantitative estimate of drug-likeness (QED) is 0.510. The summed E-state index contributed by atoms with van der Waals surface area (Å²) in [6.07, 6.45) is 4.57. The van der Waals surface area contributed by atoms with Crippen molar-refractivity contribution in [1.29, 1.82) is 0 Å². The van der Waals surface area contributed by atoms with Gasteiger partial charge in [0.1, 0.15) is 17.9 Å². The molecule has 0 radical (unpaired) electrons. The monoisotopic (exact) mass is 559 g/mol. The van der Waals surface area contributed by atoms with Crippen molar-refractivity contribution in [1.82, 2.24) is 10.2 Å². The minimum absolute atomic E-state index is 0.0233. The number of benzene rings is 1. The van der Waals surface area contributed by atoms with E-state index in [0.29, 0.717) is 41.3 Å². The summed E-state index contributed by atoms with van der Waals surface area (Å²) >= 11 is 7.58. The second-order valence-electron chi connectivity index (χ2n) is 9.74. The minimum Gasteiger partial charge on any atom is -0.466 e. The van der Waals surface area contributed by atoms with E-state index in [1.807, 2.05) is 6.07 Å². The molecule has 0 bridgehead atoms. The van der Waals surface area contributed by atoms with Crippen molar-refractivity contribution in [3.8, 4) is 5.19 Å². The highest BCUT2D eigenvalue weighted by molar-refractivity contribution is 7.13. The molecule has 6 rings (SSSR count). The highest BCUT2D eigenvalue weighted by atomic mass is 35.5. The number of aromatic nitrogens is 2. The summed E-state index contributed by atoms with van der Waals surface area (Å²) in [7, 11) is 3.24. The van der Waals surface area contributed by atoms with Gasteiger partial charge in [0.2, 0.25) is 11.8 Å². The molecule has 13 heteroatoms. The maximum atomic E-state index is 13.0. The standard InChI is InChI=1S/C25H26ClN5O6S/c1-31-18-8-15(20(27)32)14(7-17(18)24(3-4-24)22(31)33)16-9-19(26)28-12-25(16,34-2)21-29-30-23(38-21)37-11-13-10-35-5-6-36-13/h7-9,12-13,16H,3-6,10-11H2,1-2H3,(H2,27,32). The molecule has 3 aliphatic heterocycles. The predicted molar refractivity (Wildman–Crippen MR) is 139 cm³/mol. The van der Waals surface area contributed by atoms with Gasteiger partial charge in [0.25, 0.3) is 5.19 Å². The molecule has 4 aliphatic rings. The van der Waals surface area contributed by atoms with E-state index in [0.717, 1.165) is 18.4 Å². The fourth-order valence-electron chi connectivity index (χ4n) is 5.43. The lowest BCUT2D eigenvalue weighted by Gasteiger charge is -2.36. The summed E-state index contributed by atoms with van der Waals surface area (Å²) in [5, 5.41) is 9.56. The Labute approximate surface area is 227 Å². The van der Waals surface area contributed by atoms with Crippen molar-refractivity contribution in [2.24, 2.45) is 10.7 Å². The molecule has 11 nitrogen and oxygen atoms in total. The van der Waals surface area contributed by atoms with E-state index < -0.39 is 22.8 Å². The van der Waals surface area contributed by atoms with Gasteiger partial charge in [0, 0.05) is 37.5 Å². The Morgan fingerprint density at radius 1 is 1.32 bits per heavy atom. The van der Waals surface area contributed by atoms with E-state index in [2.05, 4.69) is 15.2 Å². The van der Waals surface area contributed by atoms with Crippen molar-refractivity contribution >= 4 is 46.7 Å². The number of methoxy groups -OCH3 is 1. The van der Waals surface area contributed by atoms with Gasteiger partial charge in [-0.3, -0.25) is 9.59 Å². The highest BCUT2D eigenvalue weighted by Crippen LogP contribution is 2.58. The number of anilines is 1. The minimum atomic E-state index is -1.26. The number of primary amides is 1. The van der Waals surface area contributed by atoms with Gasteiger partial charge >= 0.3 is 0 Å². The molecule has 1 aromatic carbocycles. The zero-order valence-electron chi connectivity index (χ0n) is 20.8. The molecular formula is C25H26ClN5O6S. The zero-order valence-corrected chi connectivity index (χ0v) is 22.4. The van der Waals surface area contributed by atoms with Crippen LogP contribution in [-0.2, 0) is 30.0 Å². The lowest BCUT2D eigenvalue weighted by atomic mass is 9.78. The molecule has 2 N–H and O–H groups in total.